The lowest BCUT2D eigenvalue weighted by molar-refractivity contribution is -0.145. The molecule has 0 bridgehead atoms. The highest BCUT2D eigenvalue weighted by atomic mass is 16.5. The number of benzene rings is 3. The van der Waals surface area contributed by atoms with Gasteiger partial charge in [-0.15, -0.1) is 0 Å². The van der Waals surface area contributed by atoms with Crippen molar-refractivity contribution in [2.45, 2.75) is 18.5 Å². The lowest BCUT2D eigenvalue weighted by atomic mass is 10.0. The third kappa shape index (κ3) is 4.02. The van der Waals surface area contributed by atoms with E-state index in [4.69, 9.17) is 4.74 Å². The average Bonchev–Trinajstić information content (AvgIpc) is 3.45. The first-order valence-electron chi connectivity index (χ1n) is 11.4. The van der Waals surface area contributed by atoms with Crippen LogP contribution in [0.25, 0.3) is 10.9 Å². The zero-order valence-corrected chi connectivity index (χ0v) is 19.4. The molecule has 3 amide bonds. The molecule has 2 atom stereocenters. The highest BCUT2D eigenvalue weighted by Gasteiger charge is 2.43. The molecule has 0 fully saturated rings. The van der Waals surface area contributed by atoms with Gasteiger partial charge in [0.15, 0.2) is 6.04 Å². The molecule has 0 aliphatic carbocycles. The molecule has 1 aromatic heterocycles. The Kier molecular flexibility index (Phi) is 6.08. The molecule has 8 heteroatoms. The fourth-order valence-corrected chi connectivity index (χ4v) is 4.58. The SMILES string of the molecule is COC(=O)C(NC(=O)C(Cc1ccccc1)N1C(=O)c2ccccc2C1=O)c1c[nH]c2ccccc12. The molecule has 2 N–H and O–H groups in total. The third-order valence-electron chi connectivity index (χ3n) is 6.37. The predicted octanol–water partition coefficient (Wildman–Crippen LogP) is 3.41. The van der Waals surface area contributed by atoms with E-state index >= 15 is 0 Å². The molecule has 2 heterocycles. The summed E-state index contributed by atoms with van der Waals surface area (Å²) < 4.78 is 4.99. The standard InChI is InChI=1S/C28H23N3O5/c1-36-28(35)24(21-16-29-22-14-8-7-11-18(21)22)30-25(32)23(15-17-9-3-2-4-10-17)31-26(33)19-12-5-6-13-20(19)27(31)34/h2-14,16,23-24,29H,15H2,1H3,(H,30,32). The Labute approximate surface area is 206 Å². The van der Waals surface area contributed by atoms with Crippen molar-refractivity contribution >= 4 is 34.6 Å². The quantitative estimate of drug-likeness (QED) is 0.311. The smallest absolute Gasteiger partial charge is 0.333 e. The van der Waals surface area contributed by atoms with Crippen molar-refractivity contribution in [3.63, 3.8) is 0 Å². The number of fused-ring (bicyclic) bond motifs is 2. The summed E-state index contributed by atoms with van der Waals surface area (Å²) >= 11 is 0. The average molecular weight is 482 g/mol. The molecule has 2 unspecified atom stereocenters. The predicted molar refractivity (Wildman–Crippen MR) is 132 cm³/mol. The van der Waals surface area contributed by atoms with Gasteiger partial charge in [-0.25, -0.2) is 4.79 Å². The number of methoxy groups -OCH3 is 1. The largest absolute Gasteiger partial charge is 0.467 e. The van der Waals surface area contributed by atoms with Crippen LogP contribution in [-0.2, 0) is 20.7 Å². The van der Waals surface area contributed by atoms with Crippen LogP contribution in [0.3, 0.4) is 0 Å². The minimum Gasteiger partial charge on any atom is -0.467 e. The second-order valence-electron chi connectivity index (χ2n) is 8.49. The summed E-state index contributed by atoms with van der Waals surface area (Å²) in [6.07, 6.45) is 1.72. The Morgan fingerprint density at radius 2 is 1.50 bits per heavy atom. The van der Waals surface area contributed by atoms with E-state index in [1.807, 2.05) is 54.6 Å². The maximum atomic E-state index is 13.8. The van der Waals surface area contributed by atoms with Crippen molar-refractivity contribution in [1.82, 2.24) is 15.2 Å². The number of hydrogen-bond acceptors (Lipinski definition) is 5. The van der Waals surface area contributed by atoms with E-state index in [0.717, 1.165) is 21.4 Å². The van der Waals surface area contributed by atoms with Gasteiger partial charge in [-0.05, 0) is 23.8 Å². The summed E-state index contributed by atoms with van der Waals surface area (Å²) in [5.41, 5.74) is 2.56. The first-order chi connectivity index (χ1) is 17.5. The molecular formula is C28H23N3O5. The van der Waals surface area contributed by atoms with Gasteiger partial charge in [0, 0.05) is 29.1 Å². The first-order valence-corrected chi connectivity index (χ1v) is 11.4. The van der Waals surface area contributed by atoms with Crippen molar-refractivity contribution in [3.8, 4) is 0 Å². The number of aromatic nitrogens is 1. The minimum absolute atomic E-state index is 0.0833. The van der Waals surface area contributed by atoms with Gasteiger partial charge in [0.2, 0.25) is 5.91 Å². The zero-order chi connectivity index (χ0) is 25.2. The van der Waals surface area contributed by atoms with Gasteiger partial charge in [0.25, 0.3) is 11.8 Å². The maximum absolute atomic E-state index is 13.8. The Bertz CT molecular complexity index is 1440. The van der Waals surface area contributed by atoms with Crippen molar-refractivity contribution in [1.29, 1.82) is 0 Å². The van der Waals surface area contributed by atoms with Crippen LogP contribution < -0.4 is 5.32 Å². The number of esters is 1. The molecule has 0 saturated carbocycles. The Hall–Kier alpha value is -4.72. The molecule has 0 spiro atoms. The second kappa shape index (κ2) is 9.50. The summed E-state index contributed by atoms with van der Waals surface area (Å²) in [4.78, 5) is 57.1. The van der Waals surface area contributed by atoms with Gasteiger partial charge in [-0.3, -0.25) is 19.3 Å². The molecule has 5 rings (SSSR count). The molecule has 4 aromatic rings. The number of carbonyl (C=O) groups is 4. The van der Waals surface area contributed by atoms with E-state index in [2.05, 4.69) is 10.3 Å². The van der Waals surface area contributed by atoms with E-state index in [1.165, 1.54) is 7.11 Å². The number of rotatable bonds is 7. The van der Waals surface area contributed by atoms with Crippen molar-refractivity contribution in [2.75, 3.05) is 7.11 Å². The summed E-state index contributed by atoms with van der Waals surface area (Å²) in [7, 11) is 1.24. The minimum atomic E-state index is -1.18. The number of H-pyrrole nitrogens is 1. The fourth-order valence-electron chi connectivity index (χ4n) is 4.58. The van der Waals surface area contributed by atoms with Gasteiger partial charge in [0.1, 0.15) is 6.04 Å². The zero-order valence-electron chi connectivity index (χ0n) is 19.4. The fraction of sp³-hybridized carbons (Fsp3) is 0.143. The Balaban J connectivity index is 1.52. The molecule has 1 aliphatic rings. The van der Waals surface area contributed by atoms with E-state index in [1.54, 1.807) is 30.5 Å². The number of nitrogens with one attached hydrogen (secondary N) is 2. The maximum Gasteiger partial charge on any atom is 0.333 e. The number of imide groups is 1. The van der Waals surface area contributed by atoms with E-state index in [9.17, 15) is 19.2 Å². The van der Waals surface area contributed by atoms with E-state index in [0.29, 0.717) is 5.56 Å². The van der Waals surface area contributed by atoms with Gasteiger partial charge in [-0.1, -0.05) is 60.7 Å². The summed E-state index contributed by atoms with van der Waals surface area (Å²) in [6, 6.07) is 20.6. The topological polar surface area (TPSA) is 109 Å². The normalized spacial score (nSPS) is 14.4. The van der Waals surface area contributed by atoms with Gasteiger partial charge >= 0.3 is 5.97 Å². The van der Waals surface area contributed by atoms with Crippen LogP contribution in [0, 0.1) is 0 Å². The van der Waals surface area contributed by atoms with Crippen LogP contribution in [0.5, 0.6) is 0 Å². The van der Waals surface area contributed by atoms with Crippen LogP contribution in [0.15, 0.2) is 85.1 Å². The number of para-hydroxylation sites is 1. The van der Waals surface area contributed by atoms with Crippen LogP contribution in [0.1, 0.15) is 37.9 Å². The Morgan fingerprint density at radius 3 is 2.17 bits per heavy atom. The lowest BCUT2D eigenvalue weighted by Gasteiger charge is -2.27. The highest BCUT2D eigenvalue weighted by molar-refractivity contribution is 6.23. The number of nitrogens with zero attached hydrogens (tertiary/aromatic N) is 1. The highest BCUT2D eigenvalue weighted by Crippen LogP contribution is 2.28. The first kappa shape index (κ1) is 23.0. The third-order valence-corrected chi connectivity index (χ3v) is 6.37. The molecule has 0 radical (unpaired) electrons. The van der Waals surface area contributed by atoms with E-state index in [-0.39, 0.29) is 17.5 Å². The number of carbonyl (C=O) groups excluding carboxylic acids is 4. The summed E-state index contributed by atoms with van der Waals surface area (Å²) in [6.45, 7) is 0. The van der Waals surface area contributed by atoms with Crippen LogP contribution in [-0.4, -0.2) is 46.7 Å². The lowest BCUT2D eigenvalue weighted by Crippen LogP contribution is -2.52. The van der Waals surface area contributed by atoms with E-state index < -0.39 is 35.8 Å². The number of amides is 3. The molecule has 8 nitrogen and oxygen atoms in total. The molecular weight excluding hydrogens is 458 g/mol. The monoisotopic (exact) mass is 481 g/mol. The molecule has 180 valence electrons. The second-order valence-corrected chi connectivity index (χ2v) is 8.49. The Morgan fingerprint density at radius 1 is 0.889 bits per heavy atom. The molecule has 0 saturated heterocycles. The van der Waals surface area contributed by atoms with Crippen molar-refractivity contribution in [3.05, 3.63) is 107 Å². The van der Waals surface area contributed by atoms with Gasteiger partial charge in [-0.2, -0.15) is 0 Å². The number of hydrogen-bond donors (Lipinski definition) is 2. The number of ether oxygens (including phenoxy) is 1. The van der Waals surface area contributed by atoms with Crippen molar-refractivity contribution < 1.29 is 23.9 Å². The van der Waals surface area contributed by atoms with Crippen LogP contribution in [0.4, 0.5) is 0 Å². The van der Waals surface area contributed by atoms with Crippen LogP contribution in [0.2, 0.25) is 0 Å². The van der Waals surface area contributed by atoms with Crippen LogP contribution >= 0.6 is 0 Å². The summed E-state index contributed by atoms with van der Waals surface area (Å²) in [5, 5.41) is 3.49. The van der Waals surface area contributed by atoms with Gasteiger partial charge < -0.3 is 15.0 Å². The van der Waals surface area contributed by atoms with Gasteiger partial charge in [0.05, 0.1) is 18.2 Å². The molecule has 1 aliphatic heterocycles. The molecule has 36 heavy (non-hydrogen) atoms. The van der Waals surface area contributed by atoms with Crippen molar-refractivity contribution in [2.24, 2.45) is 0 Å². The molecule has 3 aromatic carbocycles. The summed E-state index contributed by atoms with van der Waals surface area (Å²) in [5.74, 6) is -2.41. The number of aromatic amines is 1.